The number of aromatic nitrogens is 2. The minimum Gasteiger partial charge on any atom is -0.462 e. The molecule has 0 bridgehead atoms. The molecule has 1 fully saturated rings. The Kier molecular flexibility index (Phi) is 9.46. The minimum absolute atomic E-state index is 0.135. The summed E-state index contributed by atoms with van der Waals surface area (Å²) < 4.78 is 51.5. The molecule has 1 aromatic heterocycles. The van der Waals surface area contributed by atoms with Crippen molar-refractivity contribution in [1.29, 1.82) is 0 Å². The van der Waals surface area contributed by atoms with Crippen molar-refractivity contribution in [3.8, 4) is 0 Å². The highest BCUT2D eigenvalue weighted by Gasteiger charge is 2.36. The molecular weight excluding hydrogens is 546 g/mol. The van der Waals surface area contributed by atoms with Crippen molar-refractivity contribution in [2.24, 2.45) is 0 Å². The van der Waals surface area contributed by atoms with Crippen LogP contribution in [0.3, 0.4) is 0 Å². The predicted molar refractivity (Wildman–Crippen MR) is 145 cm³/mol. The second-order valence-electron chi connectivity index (χ2n) is 9.91. The average Bonchev–Trinajstić information content (AvgIpc) is 3.22. The first-order valence-electron chi connectivity index (χ1n) is 12.7. The van der Waals surface area contributed by atoms with Crippen molar-refractivity contribution < 1.29 is 45.9 Å². The lowest BCUT2D eigenvalue weighted by atomic mass is 10.1. The lowest BCUT2D eigenvalue weighted by Crippen LogP contribution is -2.36. The van der Waals surface area contributed by atoms with Crippen molar-refractivity contribution >= 4 is 50.4 Å². The zero-order chi connectivity index (χ0) is 29.8. The normalized spacial score (nSPS) is 14.9. The molecule has 1 aromatic carbocycles. The van der Waals surface area contributed by atoms with Gasteiger partial charge < -0.3 is 28.0 Å². The Bertz CT molecular complexity index is 1430. The number of ether oxygens (including phenoxy) is 4. The summed E-state index contributed by atoms with van der Waals surface area (Å²) in [7, 11) is -4.35. The van der Waals surface area contributed by atoms with Gasteiger partial charge in [-0.1, -0.05) is 0 Å². The van der Waals surface area contributed by atoms with Crippen molar-refractivity contribution in [2.45, 2.75) is 47.1 Å². The average molecular weight is 582 g/mol. The van der Waals surface area contributed by atoms with Gasteiger partial charge >= 0.3 is 28.1 Å². The summed E-state index contributed by atoms with van der Waals surface area (Å²) in [6, 6.07) is 3.58. The van der Waals surface area contributed by atoms with Gasteiger partial charge in [0.25, 0.3) is 0 Å². The Balaban J connectivity index is 2.45. The number of hydrogen-bond donors (Lipinski definition) is 0. The number of fused-ring (bicyclic) bond motifs is 1. The molecule has 0 spiro atoms. The van der Waals surface area contributed by atoms with Crippen molar-refractivity contribution in [3.63, 3.8) is 0 Å². The van der Waals surface area contributed by atoms with Crippen LogP contribution in [-0.2, 0) is 42.8 Å². The fourth-order valence-corrected chi connectivity index (χ4v) is 4.46. The minimum atomic E-state index is -4.35. The molecule has 1 aliphatic rings. The van der Waals surface area contributed by atoms with Crippen LogP contribution in [0.1, 0.15) is 46.0 Å². The van der Waals surface area contributed by atoms with Gasteiger partial charge in [-0.15, -0.1) is 0 Å². The molecule has 0 amide bonds. The standard InChI is InChI=1S/C26H35N3O10S/c1-8-36-23(30)19(21(24(31)37-9-2)39-40(7,33)34)22-27-20-16(3)14-17(28-10-12-35-13-11-28)15-18(20)29(22)25(32)38-26(4,5)6/h14-15H,8-13H2,1-7H3/b21-19+. The van der Waals surface area contributed by atoms with E-state index < -0.39 is 50.9 Å². The molecule has 13 nitrogen and oxygen atoms in total. The van der Waals surface area contributed by atoms with Crippen LogP contribution in [0, 0.1) is 6.92 Å². The van der Waals surface area contributed by atoms with E-state index in [0.717, 1.165) is 10.3 Å². The van der Waals surface area contributed by atoms with Crippen LogP contribution < -0.4 is 4.90 Å². The molecule has 40 heavy (non-hydrogen) atoms. The number of anilines is 1. The van der Waals surface area contributed by atoms with E-state index >= 15 is 0 Å². The lowest BCUT2D eigenvalue weighted by molar-refractivity contribution is -0.142. The molecule has 1 saturated heterocycles. The number of nitrogens with zero attached hydrogens (tertiary/aromatic N) is 3. The van der Waals surface area contributed by atoms with Gasteiger partial charge in [0.15, 0.2) is 11.4 Å². The van der Waals surface area contributed by atoms with Crippen molar-refractivity contribution in [3.05, 3.63) is 29.3 Å². The SMILES string of the molecule is CCOC(=O)/C(OS(C)(=O)=O)=C(\C(=O)OCC)c1nc2c(C)cc(N3CCOCC3)cc2n1C(=O)OC(C)(C)C. The lowest BCUT2D eigenvalue weighted by Gasteiger charge is -2.29. The Morgan fingerprint density at radius 3 is 2.17 bits per heavy atom. The van der Waals surface area contributed by atoms with E-state index in [1.165, 1.54) is 13.8 Å². The molecular formula is C26H35N3O10S. The Hall–Kier alpha value is -3.65. The van der Waals surface area contributed by atoms with Gasteiger partial charge in [0.2, 0.25) is 5.76 Å². The summed E-state index contributed by atoms with van der Waals surface area (Å²) >= 11 is 0. The van der Waals surface area contributed by atoms with Crippen LogP contribution in [0.5, 0.6) is 0 Å². The number of aryl methyl sites for hydroxylation is 1. The van der Waals surface area contributed by atoms with E-state index in [4.69, 9.17) is 23.1 Å². The van der Waals surface area contributed by atoms with Gasteiger partial charge in [0.1, 0.15) is 5.60 Å². The van der Waals surface area contributed by atoms with Crippen LogP contribution in [0.4, 0.5) is 10.5 Å². The first-order chi connectivity index (χ1) is 18.7. The van der Waals surface area contributed by atoms with Crippen LogP contribution in [-0.4, -0.2) is 87.4 Å². The topological polar surface area (TPSA) is 153 Å². The fraction of sp³-hybridized carbons (Fsp3) is 0.538. The predicted octanol–water partition coefficient (Wildman–Crippen LogP) is 2.78. The molecule has 2 aromatic rings. The van der Waals surface area contributed by atoms with Crippen LogP contribution >= 0.6 is 0 Å². The van der Waals surface area contributed by atoms with Crippen molar-refractivity contribution in [2.75, 3.05) is 50.7 Å². The first kappa shape index (κ1) is 30.9. The van der Waals surface area contributed by atoms with Gasteiger partial charge in [0, 0.05) is 18.8 Å². The van der Waals surface area contributed by atoms with E-state index in [-0.39, 0.29) is 18.7 Å². The fourth-order valence-electron chi connectivity index (χ4n) is 4.01. The number of morpholine rings is 1. The van der Waals surface area contributed by atoms with Gasteiger partial charge in [-0.25, -0.2) is 23.9 Å². The molecule has 0 N–H and O–H groups in total. The summed E-state index contributed by atoms with van der Waals surface area (Å²) in [5.41, 5.74) is 0.317. The summed E-state index contributed by atoms with van der Waals surface area (Å²) in [6.45, 7) is 11.7. The monoisotopic (exact) mass is 581 g/mol. The molecule has 220 valence electrons. The van der Waals surface area contributed by atoms with Gasteiger partial charge in [-0.05, 0) is 59.2 Å². The molecule has 0 atom stereocenters. The molecule has 0 aliphatic carbocycles. The third-order valence-corrected chi connectivity index (χ3v) is 5.98. The molecule has 0 radical (unpaired) electrons. The third-order valence-electron chi connectivity index (χ3n) is 5.51. The zero-order valence-corrected chi connectivity index (χ0v) is 24.5. The molecule has 0 saturated carbocycles. The van der Waals surface area contributed by atoms with E-state index in [9.17, 15) is 22.8 Å². The van der Waals surface area contributed by atoms with Crippen LogP contribution in [0.15, 0.2) is 17.9 Å². The second-order valence-corrected chi connectivity index (χ2v) is 11.5. The maximum absolute atomic E-state index is 13.7. The molecule has 3 rings (SSSR count). The highest BCUT2D eigenvalue weighted by atomic mass is 32.2. The number of imidazole rings is 1. The number of esters is 2. The van der Waals surface area contributed by atoms with Crippen molar-refractivity contribution in [1.82, 2.24) is 9.55 Å². The summed E-state index contributed by atoms with van der Waals surface area (Å²) in [5.74, 6) is -3.81. The van der Waals surface area contributed by atoms with E-state index in [1.54, 1.807) is 33.8 Å². The van der Waals surface area contributed by atoms with Gasteiger partial charge in [0.05, 0.1) is 43.7 Å². The highest BCUT2D eigenvalue weighted by Crippen LogP contribution is 2.32. The maximum atomic E-state index is 13.7. The van der Waals surface area contributed by atoms with E-state index in [2.05, 4.69) is 9.88 Å². The largest absolute Gasteiger partial charge is 0.462 e. The van der Waals surface area contributed by atoms with Gasteiger partial charge in [-0.3, -0.25) is 0 Å². The summed E-state index contributed by atoms with van der Waals surface area (Å²) in [4.78, 5) is 46.5. The maximum Gasteiger partial charge on any atom is 0.420 e. The summed E-state index contributed by atoms with van der Waals surface area (Å²) in [5, 5.41) is 0. The second kappa shape index (κ2) is 12.3. The molecule has 2 heterocycles. The van der Waals surface area contributed by atoms with E-state index in [1.807, 2.05) is 6.07 Å². The number of carbonyl (C=O) groups excluding carboxylic acids is 3. The summed E-state index contributed by atoms with van der Waals surface area (Å²) in [6.07, 6.45) is -0.224. The smallest absolute Gasteiger partial charge is 0.420 e. The Morgan fingerprint density at radius 2 is 1.62 bits per heavy atom. The molecule has 1 aliphatic heterocycles. The zero-order valence-electron chi connectivity index (χ0n) is 23.7. The van der Waals surface area contributed by atoms with Crippen LogP contribution in [0.25, 0.3) is 16.6 Å². The Morgan fingerprint density at radius 1 is 1.02 bits per heavy atom. The van der Waals surface area contributed by atoms with Crippen LogP contribution in [0.2, 0.25) is 0 Å². The number of rotatable bonds is 8. The van der Waals surface area contributed by atoms with Gasteiger partial charge in [-0.2, -0.15) is 8.42 Å². The number of benzene rings is 1. The van der Waals surface area contributed by atoms with E-state index in [0.29, 0.717) is 43.6 Å². The first-order valence-corrected chi connectivity index (χ1v) is 14.6. The number of carbonyl (C=O) groups is 3. The number of hydrogen-bond acceptors (Lipinski definition) is 12. The molecule has 14 heteroatoms. The Labute approximate surface area is 233 Å². The third kappa shape index (κ3) is 7.30. The molecule has 0 unspecified atom stereocenters. The highest BCUT2D eigenvalue weighted by molar-refractivity contribution is 7.86. The quantitative estimate of drug-likeness (QED) is 0.148.